The van der Waals surface area contributed by atoms with E-state index in [1.54, 1.807) is 0 Å². The number of benzene rings is 2. The Morgan fingerprint density at radius 3 is 2.45 bits per heavy atom. The van der Waals surface area contributed by atoms with Crippen LogP contribution in [0.15, 0.2) is 53.5 Å². The molecule has 2 atom stereocenters. The molecule has 2 aromatic carbocycles. The van der Waals surface area contributed by atoms with Gasteiger partial charge in [-0.15, -0.1) is 0 Å². The van der Waals surface area contributed by atoms with Crippen LogP contribution in [-0.4, -0.2) is 37.9 Å². The van der Waals surface area contributed by atoms with Crippen LogP contribution in [0.5, 0.6) is 11.5 Å². The van der Waals surface area contributed by atoms with Crippen molar-refractivity contribution < 1.29 is 27.4 Å². The van der Waals surface area contributed by atoms with Gasteiger partial charge in [-0.05, 0) is 43.7 Å². The fourth-order valence-electron chi connectivity index (χ4n) is 2.91. The minimum Gasteiger partial charge on any atom is -0.489 e. The summed E-state index contributed by atoms with van der Waals surface area (Å²) in [6, 6.07) is 12.8. The van der Waals surface area contributed by atoms with Crippen LogP contribution in [0.1, 0.15) is 37.8 Å². The van der Waals surface area contributed by atoms with Crippen LogP contribution in [0.25, 0.3) is 0 Å². The molecule has 2 aromatic rings. The number of nitrogens with one attached hydrogen (secondary N) is 1. The van der Waals surface area contributed by atoms with Crippen LogP contribution in [-0.2, 0) is 11.0 Å². The second-order valence-corrected chi connectivity index (χ2v) is 7.02. The lowest BCUT2D eigenvalue weighted by molar-refractivity contribution is -0.137. The molecule has 1 N–H and O–H groups in total. The van der Waals surface area contributed by atoms with E-state index in [4.69, 9.17) is 9.47 Å². The predicted molar refractivity (Wildman–Crippen MR) is 114 cm³/mol. The number of ether oxygens (including phenoxy) is 2. The summed E-state index contributed by atoms with van der Waals surface area (Å²) in [5.74, 6) is 0.252. The van der Waals surface area contributed by atoms with Crippen molar-refractivity contribution in [3.63, 3.8) is 0 Å². The molecule has 5 nitrogen and oxygen atoms in total. The first-order chi connectivity index (χ1) is 14.7. The minimum atomic E-state index is -4.57. The van der Waals surface area contributed by atoms with Crippen molar-refractivity contribution in [2.75, 3.05) is 13.6 Å². The van der Waals surface area contributed by atoms with Crippen LogP contribution in [0.2, 0.25) is 0 Å². The minimum absolute atomic E-state index is 0.0252. The van der Waals surface area contributed by atoms with Crippen molar-refractivity contribution in [3.05, 3.63) is 59.7 Å². The summed E-state index contributed by atoms with van der Waals surface area (Å²) in [6.45, 7) is 3.91. The molecule has 8 heteroatoms. The Bertz CT molecular complexity index is 870. The average Bonchev–Trinajstić information content (AvgIpc) is 2.73. The monoisotopic (exact) mass is 436 g/mol. The smallest absolute Gasteiger partial charge is 0.417 e. The summed E-state index contributed by atoms with van der Waals surface area (Å²) in [5.41, 5.74) is -0.929. The highest BCUT2D eigenvalue weighted by Crippen LogP contribution is 2.34. The Labute approximate surface area is 180 Å². The number of carbonyl (C=O) groups excluding carboxylic acids is 1. The third kappa shape index (κ3) is 7.62. The summed E-state index contributed by atoms with van der Waals surface area (Å²) >= 11 is 0. The fourth-order valence-corrected chi connectivity index (χ4v) is 2.91. The number of aliphatic imine (C=N–C) groups is 1. The average molecular weight is 436 g/mol. The number of amides is 1. The van der Waals surface area contributed by atoms with Gasteiger partial charge in [-0.1, -0.05) is 31.5 Å². The number of hydrogen-bond acceptors (Lipinski definition) is 4. The van der Waals surface area contributed by atoms with Crippen molar-refractivity contribution in [3.8, 4) is 11.5 Å². The molecule has 1 amide bonds. The zero-order chi connectivity index (χ0) is 22.9. The van der Waals surface area contributed by atoms with Crippen molar-refractivity contribution in [2.45, 2.75) is 45.1 Å². The lowest BCUT2D eigenvalue weighted by atomic mass is 10.1. The van der Waals surface area contributed by atoms with Crippen molar-refractivity contribution >= 4 is 12.1 Å². The van der Waals surface area contributed by atoms with Crippen LogP contribution in [0.3, 0.4) is 0 Å². The lowest BCUT2D eigenvalue weighted by Gasteiger charge is -2.21. The van der Waals surface area contributed by atoms with E-state index in [1.165, 1.54) is 19.2 Å². The quantitative estimate of drug-likeness (QED) is 0.540. The molecular formula is C23H27F3N2O3. The second kappa shape index (κ2) is 11.4. The molecule has 0 fully saturated rings. The van der Waals surface area contributed by atoms with Crippen molar-refractivity contribution in [1.82, 2.24) is 5.32 Å². The first kappa shape index (κ1) is 24.2. The molecule has 2 rings (SSSR count). The molecule has 0 aliphatic carbocycles. The molecule has 168 valence electrons. The lowest BCUT2D eigenvalue weighted by Crippen LogP contribution is -2.42. The van der Waals surface area contributed by atoms with E-state index >= 15 is 0 Å². The zero-order valence-electron chi connectivity index (χ0n) is 17.8. The van der Waals surface area contributed by atoms with E-state index in [-0.39, 0.29) is 24.0 Å². The van der Waals surface area contributed by atoms with Crippen molar-refractivity contribution in [1.29, 1.82) is 0 Å². The third-order valence-electron chi connectivity index (χ3n) is 4.36. The predicted octanol–water partition coefficient (Wildman–Crippen LogP) is 4.89. The molecule has 2 unspecified atom stereocenters. The molecule has 0 saturated heterocycles. The maximum atomic E-state index is 13.4. The van der Waals surface area contributed by atoms with Crippen molar-refractivity contribution in [2.24, 2.45) is 4.99 Å². The second-order valence-electron chi connectivity index (χ2n) is 7.02. The van der Waals surface area contributed by atoms with Gasteiger partial charge in [0.2, 0.25) is 0 Å². The number of alkyl halides is 3. The maximum absolute atomic E-state index is 13.4. The number of para-hydroxylation sites is 1. The first-order valence-corrected chi connectivity index (χ1v) is 10.0. The zero-order valence-corrected chi connectivity index (χ0v) is 17.8. The topological polar surface area (TPSA) is 59.9 Å². The Morgan fingerprint density at radius 1 is 1.13 bits per heavy atom. The Hall–Kier alpha value is -3.03. The number of hydrogen-bond donors (Lipinski definition) is 1. The summed E-state index contributed by atoms with van der Waals surface area (Å²) in [6.07, 6.45) is -3.65. The van der Waals surface area contributed by atoms with Gasteiger partial charge in [0.25, 0.3) is 5.91 Å². The Balaban J connectivity index is 2.05. The molecule has 0 aliphatic heterocycles. The van der Waals surface area contributed by atoms with Gasteiger partial charge >= 0.3 is 6.18 Å². The van der Waals surface area contributed by atoms with E-state index in [0.29, 0.717) is 18.6 Å². The molecule has 31 heavy (non-hydrogen) atoms. The highest BCUT2D eigenvalue weighted by Gasteiger charge is 2.34. The molecule has 0 radical (unpaired) electrons. The van der Waals surface area contributed by atoms with E-state index in [0.717, 1.165) is 12.3 Å². The molecular weight excluding hydrogens is 409 g/mol. The van der Waals surface area contributed by atoms with Crippen LogP contribution in [0, 0.1) is 0 Å². The normalized spacial score (nSPS) is 13.6. The first-order valence-electron chi connectivity index (χ1n) is 10.0. The van der Waals surface area contributed by atoms with Gasteiger partial charge in [0, 0.05) is 18.8 Å². The SMILES string of the molecule is CCCC(Oc1ccc(C=NC)c(C(F)(F)F)c1)C(=O)NCC(C)Oc1ccccc1. The van der Waals surface area contributed by atoms with E-state index in [2.05, 4.69) is 10.3 Å². The highest BCUT2D eigenvalue weighted by molar-refractivity contribution is 5.83. The third-order valence-corrected chi connectivity index (χ3v) is 4.36. The van der Waals surface area contributed by atoms with E-state index in [1.807, 2.05) is 44.2 Å². The number of carbonyl (C=O) groups is 1. The number of halogens is 3. The largest absolute Gasteiger partial charge is 0.489 e. The summed E-state index contributed by atoms with van der Waals surface area (Å²) < 4.78 is 51.5. The van der Waals surface area contributed by atoms with Gasteiger partial charge in [0.05, 0.1) is 12.1 Å². The molecule has 0 saturated carbocycles. The van der Waals surface area contributed by atoms with Gasteiger partial charge in [0.15, 0.2) is 6.10 Å². The molecule has 0 heterocycles. The number of rotatable bonds is 10. The van der Waals surface area contributed by atoms with Gasteiger partial charge in [0.1, 0.15) is 17.6 Å². The van der Waals surface area contributed by atoms with E-state index < -0.39 is 23.8 Å². The Morgan fingerprint density at radius 2 is 1.84 bits per heavy atom. The van der Waals surface area contributed by atoms with Crippen LogP contribution < -0.4 is 14.8 Å². The maximum Gasteiger partial charge on any atom is 0.417 e. The fraction of sp³-hybridized carbons (Fsp3) is 0.391. The summed E-state index contributed by atoms with van der Waals surface area (Å²) in [7, 11) is 1.40. The van der Waals surface area contributed by atoms with Gasteiger partial charge in [-0.3, -0.25) is 9.79 Å². The molecule has 0 spiro atoms. The van der Waals surface area contributed by atoms with E-state index in [9.17, 15) is 18.0 Å². The summed E-state index contributed by atoms with van der Waals surface area (Å²) in [5, 5.41) is 2.75. The summed E-state index contributed by atoms with van der Waals surface area (Å²) in [4.78, 5) is 16.3. The van der Waals surface area contributed by atoms with Gasteiger partial charge in [-0.2, -0.15) is 13.2 Å². The van der Waals surface area contributed by atoms with Crippen LogP contribution >= 0.6 is 0 Å². The molecule has 0 bridgehead atoms. The molecule has 0 aliphatic rings. The van der Waals surface area contributed by atoms with Crippen LogP contribution in [0.4, 0.5) is 13.2 Å². The van der Waals surface area contributed by atoms with Gasteiger partial charge < -0.3 is 14.8 Å². The highest BCUT2D eigenvalue weighted by atomic mass is 19.4. The Kier molecular flexibility index (Phi) is 8.90. The molecule has 0 aromatic heterocycles. The number of nitrogens with zero attached hydrogens (tertiary/aromatic N) is 1. The van der Waals surface area contributed by atoms with Gasteiger partial charge in [-0.25, -0.2) is 0 Å². The standard InChI is InChI=1S/C23H27F3N2O3/c1-4-8-21(22(29)28-14-16(2)30-18-9-6-5-7-10-18)31-19-12-11-17(15-27-3)20(13-19)23(24,25)26/h5-7,9-13,15-16,21H,4,8,14H2,1-3H3,(H,28,29).